The molecule has 1 aromatic rings. The predicted molar refractivity (Wildman–Crippen MR) is 77.3 cm³/mol. The van der Waals surface area contributed by atoms with E-state index in [2.05, 4.69) is 58.9 Å². The Kier molecular flexibility index (Phi) is 4.63. The summed E-state index contributed by atoms with van der Waals surface area (Å²) >= 11 is 3.49. The summed E-state index contributed by atoms with van der Waals surface area (Å²) in [5.74, 6) is 0.871. The van der Waals surface area contributed by atoms with Crippen molar-refractivity contribution in [3.8, 4) is 0 Å². The highest BCUT2D eigenvalue weighted by Crippen LogP contribution is 2.20. The summed E-state index contributed by atoms with van der Waals surface area (Å²) in [5.41, 5.74) is 1.44. The summed E-state index contributed by atoms with van der Waals surface area (Å²) in [5, 5.41) is 0. The molecule has 2 heteroatoms. The Hall–Kier alpha value is -0.340. The molecule has 17 heavy (non-hydrogen) atoms. The zero-order valence-electron chi connectivity index (χ0n) is 10.8. The lowest BCUT2D eigenvalue weighted by Gasteiger charge is -2.35. The lowest BCUT2D eigenvalue weighted by molar-refractivity contribution is 0.138. The number of hydrogen-bond acceptors (Lipinski definition) is 1. The highest BCUT2D eigenvalue weighted by Gasteiger charge is 2.20. The van der Waals surface area contributed by atoms with Crippen molar-refractivity contribution in [1.82, 2.24) is 4.90 Å². The van der Waals surface area contributed by atoms with Gasteiger partial charge in [-0.2, -0.15) is 0 Å². The second kappa shape index (κ2) is 6.01. The van der Waals surface area contributed by atoms with Gasteiger partial charge in [0.2, 0.25) is 0 Å². The third-order valence-corrected chi connectivity index (χ3v) is 4.28. The second-order valence-electron chi connectivity index (χ2n) is 5.42. The van der Waals surface area contributed by atoms with Gasteiger partial charge >= 0.3 is 0 Å². The van der Waals surface area contributed by atoms with Crippen molar-refractivity contribution in [2.75, 3.05) is 13.1 Å². The molecular formula is C15H22BrN. The molecule has 94 valence electrons. The molecule has 0 N–H and O–H groups in total. The van der Waals surface area contributed by atoms with Crippen molar-refractivity contribution in [2.24, 2.45) is 5.92 Å². The van der Waals surface area contributed by atoms with E-state index in [-0.39, 0.29) is 0 Å². The molecule has 2 rings (SSSR count). The highest BCUT2D eigenvalue weighted by molar-refractivity contribution is 9.10. The van der Waals surface area contributed by atoms with E-state index in [0.29, 0.717) is 6.04 Å². The Morgan fingerprint density at radius 2 is 2.06 bits per heavy atom. The molecule has 2 unspecified atom stereocenters. The molecule has 0 aromatic heterocycles. The van der Waals surface area contributed by atoms with E-state index in [9.17, 15) is 0 Å². The van der Waals surface area contributed by atoms with Gasteiger partial charge < -0.3 is 4.90 Å². The Labute approximate surface area is 113 Å². The number of rotatable bonds is 3. The first-order valence-corrected chi connectivity index (χ1v) is 7.43. The summed E-state index contributed by atoms with van der Waals surface area (Å²) in [4.78, 5) is 2.65. The number of likely N-dealkylation sites (tertiary alicyclic amines) is 1. The van der Waals surface area contributed by atoms with Gasteiger partial charge in [0, 0.05) is 17.1 Å². The van der Waals surface area contributed by atoms with E-state index in [1.54, 1.807) is 0 Å². The number of benzene rings is 1. The molecule has 0 bridgehead atoms. The smallest absolute Gasteiger partial charge is 0.0175 e. The van der Waals surface area contributed by atoms with Crippen LogP contribution in [-0.2, 0) is 6.42 Å². The van der Waals surface area contributed by atoms with Crippen LogP contribution < -0.4 is 0 Å². The van der Waals surface area contributed by atoms with Crippen molar-refractivity contribution >= 4 is 15.9 Å². The van der Waals surface area contributed by atoms with Crippen LogP contribution in [-0.4, -0.2) is 24.0 Å². The van der Waals surface area contributed by atoms with Crippen LogP contribution in [0.1, 0.15) is 32.3 Å². The third-order valence-electron chi connectivity index (χ3n) is 3.76. The van der Waals surface area contributed by atoms with Gasteiger partial charge in [0.05, 0.1) is 0 Å². The van der Waals surface area contributed by atoms with Crippen molar-refractivity contribution in [3.05, 3.63) is 34.3 Å². The summed E-state index contributed by atoms with van der Waals surface area (Å²) < 4.78 is 1.17. The van der Waals surface area contributed by atoms with Crippen LogP contribution in [0.25, 0.3) is 0 Å². The van der Waals surface area contributed by atoms with Gasteiger partial charge in [-0.25, -0.2) is 0 Å². The predicted octanol–water partition coefficient (Wildman–Crippen LogP) is 4.11. The fourth-order valence-electron chi connectivity index (χ4n) is 2.72. The topological polar surface area (TPSA) is 3.24 Å². The van der Waals surface area contributed by atoms with Crippen LogP contribution in [0.3, 0.4) is 0 Å². The third kappa shape index (κ3) is 3.82. The van der Waals surface area contributed by atoms with E-state index in [1.807, 2.05) is 0 Å². The van der Waals surface area contributed by atoms with Gasteiger partial charge in [0.15, 0.2) is 0 Å². The Balaban J connectivity index is 1.91. The molecule has 0 spiro atoms. The quantitative estimate of drug-likeness (QED) is 0.811. The van der Waals surface area contributed by atoms with Crippen LogP contribution in [0.2, 0.25) is 0 Å². The molecule has 2 atom stereocenters. The minimum absolute atomic E-state index is 0.666. The summed E-state index contributed by atoms with van der Waals surface area (Å²) in [6.45, 7) is 7.29. The molecule has 0 saturated carbocycles. The van der Waals surface area contributed by atoms with Crippen LogP contribution in [0.15, 0.2) is 28.7 Å². The first kappa shape index (κ1) is 13.1. The van der Waals surface area contributed by atoms with Crippen molar-refractivity contribution in [2.45, 2.75) is 39.2 Å². The largest absolute Gasteiger partial charge is 0.300 e. The molecule has 1 aromatic carbocycles. The van der Waals surface area contributed by atoms with E-state index in [1.165, 1.54) is 42.4 Å². The monoisotopic (exact) mass is 295 g/mol. The fraction of sp³-hybridized carbons (Fsp3) is 0.600. The van der Waals surface area contributed by atoms with Gasteiger partial charge in [-0.3, -0.25) is 0 Å². The van der Waals surface area contributed by atoms with Crippen molar-refractivity contribution in [1.29, 1.82) is 0 Å². The van der Waals surface area contributed by atoms with Crippen LogP contribution in [0.5, 0.6) is 0 Å². The molecule has 1 fully saturated rings. The standard InChI is InChI=1S/C15H22BrN/c1-12-4-3-9-17(11-12)13(2)10-14-5-7-15(16)8-6-14/h5-8,12-13H,3-4,9-11H2,1-2H3. The molecule has 1 nitrogen and oxygen atoms in total. The average Bonchev–Trinajstić information content (AvgIpc) is 2.32. The maximum atomic E-state index is 3.49. The molecule has 0 radical (unpaired) electrons. The van der Waals surface area contributed by atoms with Crippen LogP contribution in [0, 0.1) is 5.92 Å². The number of piperidine rings is 1. The Bertz CT molecular complexity index is 346. The molecular weight excluding hydrogens is 274 g/mol. The van der Waals surface area contributed by atoms with E-state index in [4.69, 9.17) is 0 Å². The fourth-order valence-corrected chi connectivity index (χ4v) is 2.98. The van der Waals surface area contributed by atoms with Crippen molar-refractivity contribution < 1.29 is 0 Å². The second-order valence-corrected chi connectivity index (χ2v) is 6.34. The minimum Gasteiger partial charge on any atom is -0.300 e. The molecule has 0 aliphatic carbocycles. The van der Waals surface area contributed by atoms with Crippen molar-refractivity contribution in [3.63, 3.8) is 0 Å². The van der Waals surface area contributed by atoms with Gasteiger partial charge in [0.1, 0.15) is 0 Å². The Morgan fingerprint density at radius 3 is 2.71 bits per heavy atom. The average molecular weight is 296 g/mol. The lowest BCUT2D eigenvalue weighted by atomic mass is 9.97. The molecule has 1 aliphatic rings. The van der Waals surface area contributed by atoms with Crippen LogP contribution in [0.4, 0.5) is 0 Å². The first-order valence-electron chi connectivity index (χ1n) is 6.63. The molecule has 0 amide bonds. The maximum Gasteiger partial charge on any atom is 0.0175 e. The molecule has 1 aliphatic heterocycles. The number of hydrogen-bond donors (Lipinski definition) is 0. The van der Waals surface area contributed by atoms with Gasteiger partial charge in [-0.15, -0.1) is 0 Å². The zero-order chi connectivity index (χ0) is 12.3. The molecule has 1 heterocycles. The number of nitrogens with zero attached hydrogens (tertiary/aromatic N) is 1. The minimum atomic E-state index is 0.666. The van der Waals surface area contributed by atoms with E-state index < -0.39 is 0 Å². The zero-order valence-corrected chi connectivity index (χ0v) is 12.4. The summed E-state index contributed by atoms with van der Waals surface area (Å²) in [6.07, 6.45) is 3.94. The summed E-state index contributed by atoms with van der Waals surface area (Å²) in [6, 6.07) is 9.41. The highest BCUT2D eigenvalue weighted by atomic mass is 79.9. The SMILES string of the molecule is CC1CCCN(C(C)Cc2ccc(Br)cc2)C1. The van der Waals surface area contributed by atoms with E-state index >= 15 is 0 Å². The number of halogens is 1. The lowest BCUT2D eigenvalue weighted by Crippen LogP contribution is -2.41. The van der Waals surface area contributed by atoms with Gasteiger partial charge in [0.25, 0.3) is 0 Å². The van der Waals surface area contributed by atoms with Gasteiger partial charge in [-0.1, -0.05) is 35.0 Å². The van der Waals surface area contributed by atoms with Crippen LogP contribution >= 0.6 is 15.9 Å². The van der Waals surface area contributed by atoms with E-state index in [0.717, 1.165) is 5.92 Å². The summed E-state index contributed by atoms with van der Waals surface area (Å²) in [7, 11) is 0. The maximum absolute atomic E-state index is 3.49. The van der Waals surface area contributed by atoms with Gasteiger partial charge in [-0.05, 0) is 56.3 Å². The molecule has 1 saturated heterocycles. The first-order chi connectivity index (χ1) is 8.15. The normalized spacial score (nSPS) is 23.6. The Morgan fingerprint density at radius 1 is 1.35 bits per heavy atom.